The van der Waals surface area contributed by atoms with Crippen LogP contribution in [0.2, 0.25) is 0 Å². The molecule has 0 bridgehead atoms. The Balaban J connectivity index is 2.97. The minimum atomic E-state index is -6.53. The number of alkyl halides is 5. The highest BCUT2D eigenvalue weighted by Gasteiger charge is 2.61. The zero-order chi connectivity index (χ0) is 14.9. The van der Waals surface area contributed by atoms with Crippen LogP contribution < -0.4 is 0 Å². The second kappa shape index (κ2) is 5.06. The van der Waals surface area contributed by atoms with E-state index >= 15 is 0 Å². The number of hydrogen-bond acceptors (Lipinski definition) is 5. The summed E-state index contributed by atoms with van der Waals surface area (Å²) in [6, 6.07) is 2.38. The molecule has 0 radical (unpaired) electrons. The van der Waals surface area contributed by atoms with Crippen molar-refractivity contribution in [2.45, 2.75) is 24.1 Å². The summed E-state index contributed by atoms with van der Waals surface area (Å²) in [7, 11) is -6.53. The van der Waals surface area contributed by atoms with E-state index < -0.39 is 34.3 Å². The van der Waals surface area contributed by atoms with Crippen LogP contribution in [0.4, 0.5) is 22.0 Å². The molecule has 0 saturated heterocycles. The predicted octanol–water partition coefficient (Wildman–Crippen LogP) is 1.87. The van der Waals surface area contributed by atoms with Crippen molar-refractivity contribution in [3.05, 3.63) is 24.2 Å². The van der Waals surface area contributed by atoms with E-state index in [1.807, 2.05) is 0 Å². The van der Waals surface area contributed by atoms with Crippen molar-refractivity contribution in [2.24, 2.45) is 0 Å². The normalized spacial score (nSPS) is 15.5. The molecule has 1 atom stereocenters. The lowest BCUT2D eigenvalue weighted by Crippen LogP contribution is -2.51. The number of ether oxygens (including phenoxy) is 1. The summed E-state index contributed by atoms with van der Waals surface area (Å²) in [5.74, 6) is -0.242. The van der Waals surface area contributed by atoms with Crippen molar-refractivity contribution in [1.82, 2.24) is 0 Å². The Bertz CT molecular complexity index is 506. The smallest absolute Gasteiger partial charge is 0.421 e. The summed E-state index contributed by atoms with van der Waals surface area (Å²) in [6.07, 6.45) is -8.77. The molecule has 0 N–H and O–H groups in total. The third-order valence-corrected chi connectivity index (χ3v) is 2.79. The van der Waals surface area contributed by atoms with Gasteiger partial charge >= 0.3 is 11.4 Å². The maximum atomic E-state index is 12.9. The van der Waals surface area contributed by atoms with Gasteiger partial charge in [0.25, 0.3) is 0 Å². The van der Waals surface area contributed by atoms with Gasteiger partial charge in [-0.15, -0.1) is 0 Å². The number of furan rings is 1. The first-order valence-corrected chi connectivity index (χ1v) is 5.91. The van der Waals surface area contributed by atoms with E-state index in [1.165, 1.54) is 6.07 Å². The van der Waals surface area contributed by atoms with Crippen LogP contribution >= 0.6 is 0 Å². The Kier molecular flexibility index (Phi) is 4.22. The Morgan fingerprint density at radius 2 is 1.89 bits per heavy atom. The molecule has 1 heterocycles. The molecule has 0 aliphatic rings. The molecule has 0 fully saturated rings. The van der Waals surface area contributed by atoms with Gasteiger partial charge in [-0.05, 0) is 12.1 Å². The van der Waals surface area contributed by atoms with Gasteiger partial charge in [-0.3, -0.25) is 0 Å². The van der Waals surface area contributed by atoms with Gasteiger partial charge in [0.1, 0.15) is 12.4 Å². The van der Waals surface area contributed by atoms with Gasteiger partial charge in [0.05, 0.1) is 6.26 Å². The molecule has 1 aromatic rings. The summed E-state index contributed by atoms with van der Waals surface area (Å²) < 4.78 is 102. The second-order valence-electron chi connectivity index (χ2n) is 3.33. The van der Waals surface area contributed by atoms with Gasteiger partial charge in [-0.2, -0.15) is 22.0 Å². The fraction of sp³-hybridized carbons (Fsp3) is 0.500. The van der Waals surface area contributed by atoms with Crippen LogP contribution in [-0.2, 0) is 21.5 Å². The largest absolute Gasteiger partial charge is 0.743 e. The molecule has 1 rings (SSSR count). The van der Waals surface area contributed by atoms with Crippen LogP contribution in [0.15, 0.2) is 22.8 Å². The lowest BCUT2D eigenvalue weighted by molar-refractivity contribution is -0.268. The quantitative estimate of drug-likeness (QED) is 0.613. The molecule has 0 aliphatic heterocycles. The van der Waals surface area contributed by atoms with Crippen LogP contribution in [0.5, 0.6) is 0 Å². The second-order valence-corrected chi connectivity index (χ2v) is 4.78. The van der Waals surface area contributed by atoms with Gasteiger partial charge in [-0.25, -0.2) is 8.42 Å². The minimum absolute atomic E-state index is 0.242. The molecule has 0 aromatic carbocycles. The van der Waals surface area contributed by atoms with E-state index in [1.54, 1.807) is 0 Å². The molecular weight excluding hydrogens is 303 g/mol. The van der Waals surface area contributed by atoms with Crippen LogP contribution in [0.25, 0.3) is 0 Å². The summed E-state index contributed by atoms with van der Waals surface area (Å²) >= 11 is 0. The molecule has 0 amide bonds. The van der Waals surface area contributed by atoms with Crippen molar-refractivity contribution >= 4 is 10.1 Å². The first-order chi connectivity index (χ1) is 8.46. The summed E-state index contributed by atoms with van der Waals surface area (Å²) in [6.45, 7) is -1.07. The van der Waals surface area contributed by atoms with Gasteiger partial charge in [0, 0.05) is 0 Å². The van der Waals surface area contributed by atoms with E-state index in [0.717, 1.165) is 12.3 Å². The van der Waals surface area contributed by atoms with E-state index in [9.17, 15) is 34.9 Å². The van der Waals surface area contributed by atoms with Gasteiger partial charge in [-0.1, -0.05) is 0 Å². The first-order valence-electron chi connectivity index (χ1n) is 4.50. The Labute approximate surface area is 103 Å². The fourth-order valence-electron chi connectivity index (χ4n) is 1.07. The average Bonchev–Trinajstić information content (AvgIpc) is 2.66. The molecular formula is C8H6F5O5S-. The molecule has 110 valence electrons. The van der Waals surface area contributed by atoms with Crippen LogP contribution in [0.1, 0.15) is 5.76 Å². The van der Waals surface area contributed by atoms with E-state index in [-0.39, 0.29) is 5.76 Å². The Morgan fingerprint density at radius 1 is 1.32 bits per heavy atom. The average molecular weight is 309 g/mol. The van der Waals surface area contributed by atoms with E-state index in [2.05, 4.69) is 9.15 Å². The van der Waals surface area contributed by atoms with Crippen LogP contribution in [0, 0.1) is 0 Å². The predicted molar refractivity (Wildman–Crippen MR) is 48.0 cm³/mol. The maximum absolute atomic E-state index is 12.9. The fourth-order valence-corrected chi connectivity index (χ4v) is 1.54. The highest BCUT2D eigenvalue weighted by molar-refractivity contribution is 7.86. The summed E-state index contributed by atoms with van der Waals surface area (Å²) in [4.78, 5) is 0. The topological polar surface area (TPSA) is 79.6 Å². The van der Waals surface area contributed by atoms with Gasteiger partial charge < -0.3 is 13.7 Å². The summed E-state index contributed by atoms with van der Waals surface area (Å²) in [5.41, 5.74) is 0. The first kappa shape index (κ1) is 15.9. The SMILES string of the molecule is O=S(=O)([O-])C(F)(F)C(OCc1ccco1)C(F)(F)F. The van der Waals surface area contributed by atoms with Crippen LogP contribution in [-0.4, -0.2) is 30.5 Å². The highest BCUT2D eigenvalue weighted by atomic mass is 32.2. The summed E-state index contributed by atoms with van der Waals surface area (Å²) in [5, 5.41) is -5.64. The van der Waals surface area contributed by atoms with E-state index in [0.29, 0.717) is 0 Å². The standard InChI is InChI=1S/C8H7F5O5S/c9-7(10,11)6(8(12,13)19(14,15)16)18-4-5-2-1-3-17-5/h1-3,6H,4H2,(H,14,15,16)/p-1. The molecule has 1 unspecified atom stereocenters. The lowest BCUT2D eigenvalue weighted by Gasteiger charge is -2.29. The van der Waals surface area contributed by atoms with Gasteiger partial charge in [0.2, 0.25) is 6.10 Å². The molecule has 1 aromatic heterocycles. The molecule has 0 spiro atoms. The molecule has 5 nitrogen and oxygen atoms in total. The minimum Gasteiger partial charge on any atom is -0.743 e. The van der Waals surface area contributed by atoms with Crippen molar-refractivity contribution in [3.63, 3.8) is 0 Å². The number of hydrogen-bond donors (Lipinski definition) is 0. The van der Waals surface area contributed by atoms with Crippen molar-refractivity contribution < 1.29 is 44.1 Å². The molecule has 0 saturated carbocycles. The third kappa shape index (κ3) is 3.64. The zero-order valence-electron chi connectivity index (χ0n) is 8.86. The molecule has 11 heteroatoms. The van der Waals surface area contributed by atoms with Crippen molar-refractivity contribution in [3.8, 4) is 0 Å². The molecule has 19 heavy (non-hydrogen) atoms. The number of rotatable bonds is 5. The van der Waals surface area contributed by atoms with Crippen molar-refractivity contribution in [2.75, 3.05) is 0 Å². The lowest BCUT2D eigenvalue weighted by atomic mass is 10.3. The van der Waals surface area contributed by atoms with Crippen LogP contribution in [0.3, 0.4) is 0 Å². The maximum Gasteiger partial charge on any atom is 0.421 e. The Morgan fingerprint density at radius 3 is 2.26 bits per heavy atom. The monoisotopic (exact) mass is 309 g/mol. The Hall–Kier alpha value is -1.20. The molecule has 0 aliphatic carbocycles. The third-order valence-electron chi connectivity index (χ3n) is 1.91. The van der Waals surface area contributed by atoms with Crippen molar-refractivity contribution in [1.29, 1.82) is 0 Å². The number of halogens is 5. The van der Waals surface area contributed by atoms with Gasteiger partial charge in [0.15, 0.2) is 10.1 Å². The van der Waals surface area contributed by atoms with E-state index in [4.69, 9.17) is 0 Å². The zero-order valence-corrected chi connectivity index (χ0v) is 9.67. The highest BCUT2D eigenvalue weighted by Crippen LogP contribution is 2.38.